The smallest absolute Gasteiger partial charge is 0.135 e. The number of furan rings is 1. The second-order valence-corrected chi connectivity index (χ2v) is 19.9. The first kappa shape index (κ1) is 29.8. The topological polar surface area (TPSA) is 16.4 Å². The minimum atomic E-state index is -2.02. The van der Waals surface area contributed by atoms with Crippen molar-refractivity contribution in [1.29, 1.82) is 0 Å². The summed E-state index contributed by atoms with van der Waals surface area (Å²) < 4.78 is 9.00. The first-order valence-electron chi connectivity index (χ1n) is 17.9. The third-order valence-corrected chi connectivity index (χ3v) is 15.9. The molecule has 0 aliphatic carbocycles. The van der Waals surface area contributed by atoms with Crippen molar-refractivity contribution in [2.75, 3.05) is 4.90 Å². The van der Waals surface area contributed by atoms with Gasteiger partial charge in [0, 0.05) is 48.0 Å². The van der Waals surface area contributed by atoms with Gasteiger partial charge in [-0.15, -0.1) is 11.3 Å². The van der Waals surface area contributed by atoms with Crippen molar-refractivity contribution in [3.63, 3.8) is 0 Å². The highest BCUT2D eigenvalue weighted by Gasteiger charge is 2.39. The normalized spacial score (nSPS) is 13.3. The first-order valence-corrected chi connectivity index (χ1v) is 21.7. The van der Waals surface area contributed by atoms with E-state index in [1.165, 1.54) is 69.3 Å². The van der Waals surface area contributed by atoms with Gasteiger partial charge in [-0.25, -0.2) is 0 Å². The molecule has 10 aromatic rings. The van der Waals surface area contributed by atoms with Crippen LogP contribution in [0.1, 0.15) is 0 Å². The standard InChI is InChI=1S/C48H33NOSSi/c1-52(2)45-27-26-44-47(38-14-6-8-17-43(38)51-44)48(45)39-24-22-34(29-46(39)52)49(33-23-25-42-40(28-33)37-13-5-7-16-41(37)50-42)32-20-18-31(19-21-32)36-15-9-11-30-10-3-4-12-35(30)36/h3-29H,1-2H3. The van der Waals surface area contributed by atoms with Crippen molar-refractivity contribution in [3.8, 4) is 22.3 Å². The molecule has 0 amide bonds. The van der Waals surface area contributed by atoms with Gasteiger partial charge >= 0.3 is 0 Å². The van der Waals surface area contributed by atoms with Gasteiger partial charge in [-0.2, -0.15) is 0 Å². The Hall–Kier alpha value is -5.94. The minimum Gasteiger partial charge on any atom is -0.456 e. The average molecular weight is 700 g/mol. The predicted molar refractivity (Wildman–Crippen MR) is 226 cm³/mol. The van der Waals surface area contributed by atoms with E-state index < -0.39 is 8.07 Å². The molecule has 0 spiro atoms. The van der Waals surface area contributed by atoms with Crippen molar-refractivity contribution in [2.24, 2.45) is 0 Å². The van der Waals surface area contributed by atoms with Crippen molar-refractivity contribution < 1.29 is 4.42 Å². The van der Waals surface area contributed by atoms with E-state index in [0.717, 1.165) is 33.3 Å². The van der Waals surface area contributed by atoms with Crippen LogP contribution in [0.25, 0.3) is 75.1 Å². The van der Waals surface area contributed by atoms with Crippen molar-refractivity contribution in [1.82, 2.24) is 0 Å². The van der Waals surface area contributed by atoms with Gasteiger partial charge in [0.15, 0.2) is 0 Å². The molecule has 0 saturated heterocycles. The largest absolute Gasteiger partial charge is 0.456 e. The van der Waals surface area contributed by atoms with Crippen LogP contribution in [0.3, 0.4) is 0 Å². The highest BCUT2D eigenvalue weighted by Crippen LogP contribution is 2.45. The fourth-order valence-electron chi connectivity index (χ4n) is 8.74. The molecule has 11 rings (SSSR count). The molecule has 2 nitrogen and oxygen atoms in total. The zero-order chi connectivity index (χ0) is 34.6. The molecule has 0 bridgehead atoms. The molecule has 0 radical (unpaired) electrons. The number of fused-ring (bicyclic) bond motifs is 11. The third-order valence-electron chi connectivity index (χ3n) is 11.3. The van der Waals surface area contributed by atoms with Crippen LogP contribution in [0.15, 0.2) is 168 Å². The highest BCUT2D eigenvalue weighted by molar-refractivity contribution is 7.26. The number of thiophene rings is 1. The Morgan fingerprint density at radius 2 is 1.17 bits per heavy atom. The highest BCUT2D eigenvalue weighted by atomic mass is 32.1. The lowest BCUT2D eigenvalue weighted by molar-refractivity contribution is 0.669. The molecule has 1 aliphatic rings. The van der Waals surface area contributed by atoms with E-state index in [1.807, 2.05) is 17.4 Å². The van der Waals surface area contributed by atoms with E-state index in [0.29, 0.717) is 0 Å². The minimum absolute atomic E-state index is 0.904. The Labute approximate surface area is 306 Å². The van der Waals surface area contributed by atoms with Gasteiger partial charge in [-0.3, -0.25) is 0 Å². The van der Waals surface area contributed by atoms with Crippen LogP contribution in [-0.2, 0) is 0 Å². The maximum Gasteiger partial charge on any atom is 0.135 e. The molecular weight excluding hydrogens is 667 g/mol. The molecular formula is C48H33NOSSi. The van der Waals surface area contributed by atoms with Gasteiger partial charge in [0.2, 0.25) is 0 Å². The second kappa shape index (κ2) is 11.0. The molecule has 52 heavy (non-hydrogen) atoms. The van der Waals surface area contributed by atoms with E-state index in [1.54, 1.807) is 0 Å². The number of rotatable bonds is 4. The summed E-state index contributed by atoms with van der Waals surface area (Å²) in [4.78, 5) is 2.43. The van der Waals surface area contributed by atoms with Gasteiger partial charge in [0.1, 0.15) is 19.2 Å². The molecule has 2 aromatic heterocycles. The van der Waals surface area contributed by atoms with Gasteiger partial charge in [0.25, 0.3) is 0 Å². The summed E-state index contributed by atoms with van der Waals surface area (Å²) in [6.45, 7) is 5.05. The predicted octanol–water partition coefficient (Wildman–Crippen LogP) is 13.0. The summed E-state index contributed by atoms with van der Waals surface area (Å²) in [6, 6.07) is 60.2. The van der Waals surface area contributed by atoms with Crippen LogP contribution in [0.4, 0.5) is 17.1 Å². The summed E-state index contributed by atoms with van der Waals surface area (Å²) in [5, 5.41) is 10.6. The molecule has 4 heteroatoms. The molecule has 3 heterocycles. The van der Waals surface area contributed by atoms with E-state index in [4.69, 9.17) is 4.42 Å². The van der Waals surface area contributed by atoms with E-state index in [2.05, 4.69) is 176 Å². The number of nitrogens with zero attached hydrogens (tertiary/aromatic N) is 1. The van der Waals surface area contributed by atoms with Crippen LogP contribution >= 0.6 is 11.3 Å². The van der Waals surface area contributed by atoms with Crippen LogP contribution in [0.5, 0.6) is 0 Å². The molecule has 1 aliphatic heterocycles. The summed E-state index contributed by atoms with van der Waals surface area (Å²) in [5.41, 5.74) is 10.5. The molecule has 0 N–H and O–H groups in total. The third kappa shape index (κ3) is 4.29. The quantitative estimate of drug-likeness (QED) is 0.170. The Morgan fingerprint density at radius 3 is 2.06 bits per heavy atom. The number of hydrogen-bond acceptors (Lipinski definition) is 3. The summed E-state index contributed by atoms with van der Waals surface area (Å²) >= 11 is 1.91. The first-order chi connectivity index (χ1) is 25.5. The van der Waals surface area contributed by atoms with Crippen LogP contribution in [0, 0.1) is 0 Å². The van der Waals surface area contributed by atoms with Gasteiger partial charge in [-0.05, 0) is 104 Å². The molecule has 246 valence electrons. The van der Waals surface area contributed by atoms with Crippen LogP contribution in [-0.4, -0.2) is 8.07 Å². The number of anilines is 3. The summed E-state index contributed by atoms with van der Waals surface area (Å²) in [7, 11) is -2.02. The van der Waals surface area contributed by atoms with Crippen molar-refractivity contribution in [2.45, 2.75) is 13.1 Å². The van der Waals surface area contributed by atoms with Crippen molar-refractivity contribution in [3.05, 3.63) is 164 Å². The maximum atomic E-state index is 6.27. The number of hydrogen-bond donors (Lipinski definition) is 0. The summed E-state index contributed by atoms with van der Waals surface area (Å²) in [6.07, 6.45) is 0. The molecule has 0 atom stereocenters. The molecule has 8 aromatic carbocycles. The SMILES string of the molecule is C[Si]1(C)c2cc(N(c3ccc(-c4cccc5ccccc45)cc3)c3ccc4oc5ccccc5c4c3)ccc2-c2c1ccc1sc3ccccc3c21. The lowest BCUT2D eigenvalue weighted by Gasteiger charge is -2.28. The Balaban J connectivity index is 1.11. The Bertz CT molecular complexity index is 3050. The van der Waals surface area contributed by atoms with Gasteiger partial charge in [-0.1, -0.05) is 116 Å². The number of para-hydroxylation sites is 1. The van der Waals surface area contributed by atoms with E-state index in [9.17, 15) is 0 Å². The molecule has 0 saturated carbocycles. The number of benzene rings is 8. The van der Waals surface area contributed by atoms with Gasteiger partial charge in [0.05, 0.1) is 0 Å². The second-order valence-electron chi connectivity index (χ2n) is 14.5. The van der Waals surface area contributed by atoms with Crippen LogP contribution < -0.4 is 15.3 Å². The Morgan fingerprint density at radius 1 is 0.481 bits per heavy atom. The summed E-state index contributed by atoms with van der Waals surface area (Å²) in [5.74, 6) is 0. The van der Waals surface area contributed by atoms with E-state index >= 15 is 0 Å². The lowest BCUT2D eigenvalue weighted by atomic mass is 9.97. The lowest BCUT2D eigenvalue weighted by Crippen LogP contribution is -2.49. The zero-order valence-electron chi connectivity index (χ0n) is 28.9. The molecule has 0 fully saturated rings. The fraction of sp³-hybridized carbons (Fsp3) is 0.0417. The average Bonchev–Trinajstić information content (AvgIpc) is 3.82. The monoisotopic (exact) mass is 699 g/mol. The van der Waals surface area contributed by atoms with E-state index in [-0.39, 0.29) is 0 Å². The molecule has 0 unspecified atom stereocenters. The Kier molecular flexibility index (Phi) is 6.31. The maximum absolute atomic E-state index is 6.27. The van der Waals surface area contributed by atoms with Gasteiger partial charge < -0.3 is 9.32 Å². The van der Waals surface area contributed by atoms with Crippen molar-refractivity contribution >= 4 is 99.7 Å². The van der Waals surface area contributed by atoms with Crippen LogP contribution in [0.2, 0.25) is 13.1 Å². The fourth-order valence-corrected chi connectivity index (χ4v) is 12.9. The zero-order valence-corrected chi connectivity index (χ0v) is 30.7.